The summed E-state index contributed by atoms with van der Waals surface area (Å²) in [5.41, 5.74) is 3.42. The third kappa shape index (κ3) is 2.01. The largest absolute Gasteiger partial charge is 0.302 e. The zero-order valence-electron chi connectivity index (χ0n) is 10.6. The van der Waals surface area contributed by atoms with Crippen LogP contribution in [0.25, 0.3) is 10.2 Å². The van der Waals surface area contributed by atoms with E-state index in [1.165, 1.54) is 17.5 Å². The van der Waals surface area contributed by atoms with Crippen molar-refractivity contribution in [3.8, 4) is 0 Å². The van der Waals surface area contributed by atoms with Gasteiger partial charge in [0.25, 0.3) is 0 Å². The van der Waals surface area contributed by atoms with E-state index in [4.69, 9.17) is 0 Å². The van der Waals surface area contributed by atoms with Crippen molar-refractivity contribution in [2.45, 2.75) is 33.1 Å². The quantitative estimate of drug-likeness (QED) is 0.895. The minimum Gasteiger partial charge on any atom is -0.302 e. The molecule has 1 aliphatic carbocycles. The van der Waals surface area contributed by atoms with Crippen LogP contribution in [-0.2, 0) is 4.79 Å². The molecule has 1 aromatic heterocycles. The average Bonchev–Trinajstić information content (AvgIpc) is 2.57. The van der Waals surface area contributed by atoms with Crippen molar-refractivity contribution in [1.29, 1.82) is 0 Å². The molecule has 1 heterocycles. The van der Waals surface area contributed by atoms with Gasteiger partial charge in [-0.1, -0.05) is 23.8 Å². The summed E-state index contributed by atoms with van der Waals surface area (Å²) in [4.78, 5) is 16.4. The maximum Gasteiger partial charge on any atom is 0.229 e. The summed E-state index contributed by atoms with van der Waals surface area (Å²) in [6.07, 6.45) is 3.22. The number of carbonyl (C=O) groups is 1. The number of aryl methyl sites for hydroxylation is 2. The number of aromatic nitrogens is 1. The van der Waals surface area contributed by atoms with Gasteiger partial charge in [-0.15, -0.1) is 0 Å². The van der Waals surface area contributed by atoms with Crippen molar-refractivity contribution in [3.05, 3.63) is 23.3 Å². The molecule has 3 nitrogen and oxygen atoms in total. The third-order valence-electron chi connectivity index (χ3n) is 3.54. The summed E-state index contributed by atoms with van der Waals surface area (Å²) in [6.45, 7) is 4.14. The second-order valence-electron chi connectivity index (χ2n) is 5.06. The molecule has 1 N–H and O–H groups in total. The van der Waals surface area contributed by atoms with E-state index in [0.717, 1.165) is 28.2 Å². The Morgan fingerprint density at radius 1 is 1.39 bits per heavy atom. The van der Waals surface area contributed by atoms with Gasteiger partial charge >= 0.3 is 0 Å². The fourth-order valence-electron chi connectivity index (χ4n) is 2.30. The lowest BCUT2D eigenvalue weighted by Crippen LogP contribution is -2.27. The van der Waals surface area contributed by atoms with Crippen LogP contribution in [0, 0.1) is 19.8 Å². The summed E-state index contributed by atoms with van der Waals surface area (Å²) >= 11 is 1.56. The molecule has 0 radical (unpaired) electrons. The zero-order valence-corrected chi connectivity index (χ0v) is 11.4. The van der Waals surface area contributed by atoms with Gasteiger partial charge < -0.3 is 5.32 Å². The van der Waals surface area contributed by atoms with E-state index in [1.54, 1.807) is 11.3 Å². The minimum absolute atomic E-state index is 0.134. The standard InChI is InChI=1S/C14H16N2OS/c1-8-6-9(2)12-11(7-8)18-14(15-12)16-13(17)10-4-3-5-10/h6-7,10H,3-5H2,1-2H3,(H,15,16,17). The van der Waals surface area contributed by atoms with Gasteiger partial charge in [-0.05, 0) is 43.9 Å². The molecular formula is C14H16N2OS. The van der Waals surface area contributed by atoms with E-state index < -0.39 is 0 Å². The molecule has 0 bridgehead atoms. The maximum atomic E-state index is 11.9. The fraction of sp³-hybridized carbons (Fsp3) is 0.429. The van der Waals surface area contributed by atoms with Crippen molar-refractivity contribution in [3.63, 3.8) is 0 Å². The van der Waals surface area contributed by atoms with E-state index in [0.29, 0.717) is 0 Å². The molecule has 1 fully saturated rings. The number of rotatable bonds is 2. The van der Waals surface area contributed by atoms with E-state index in [9.17, 15) is 4.79 Å². The number of carbonyl (C=O) groups excluding carboxylic acids is 1. The van der Waals surface area contributed by atoms with Crippen LogP contribution >= 0.6 is 11.3 Å². The lowest BCUT2D eigenvalue weighted by atomic mass is 9.85. The Kier molecular flexibility index (Phi) is 2.82. The molecule has 0 saturated heterocycles. The van der Waals surface area contributed by atoms with E-state index in [-0.39, 0.29) is 11.8 Å². The highest BCUT2D eigenvalue weighted by molar-refractivity contribution is 7.22. The summed E-state index contributed by atoms with van der Waals surface area (Å²) in [5, 5.41) is 3.68. The van der Waals surface area contributed by atoms with Crippen LogP contribution in [0.1, 0.15) is 30.4 Å². The van der Waals surface area contributed by atoms with Crippen molar-refractivity contribution in [2.75, 3.05) is 5.32 Å². The third-order valence-corrected chi connectivity index (χ3v) is 4.45. The van der Waals surface area contributed by atoms with Gasteiger partial charge in [0.1, 0.15) is 0 Å². The van der Waals surface area contributed by atoms with Crippen LogP contribution in [0.15, 0.2) is 12.1 Å². The Labute approximate surface area is 110 Å². The lowest BCUT2D eigenvalue weighted by Gasteiger charge is -2.23. The van der Waals surface area contributed by atoms with Crippen LogP contribution in [0.4, 0.5) is 5.13 Å². The first-order valence-electron chi connectivity index (χ1n) is 6.32. The molecule has 1 aliphatic rings. The second kappa shape index (κ2) is 4.35. The van der Waals surface area contributed by atoms with Crippen LogP contribution in [0.2, 0.25) is 0 Å². The lowest BCUT2D eigenvalue weighted by molar-refractivity contribution is -0.122. The highest BCUT2D eigenvalue weighted by Crippen LogP contribution is 2.31. The number of hydrogen-bond acceptors (Lipinski definition) is 3. The Hall–Kier alpha value is -1.42. The van der Waals surface area contributed by atoms with Gasteiger partial charge in [-0.2, -0.15) is 0 Å². The molecule has 3 rings (SSSR count). The SMILES string of the molecule is Cc1cc(C)c2nc(NC(=O)C3CCC3)sc2c1. The smallest absolute Gasteiger partial charge is 0.229 e. The summed E-state index contributed by atoms with van der Waals surface area (Å²) in [7, 11) is 0. The molecule has 94 valence electrons. The zero-order chi connectivity index (χ0) is 12.7. The van der Waals surface area contributed by atoms with Crippen LogP contribution in [0.3, 0.4) is 0 Å². The molecule has 0 unspecified atom stereocenters. The van der Waals surface area contributed by atoms with E-state index in [1.807, 2.05) is 0 Å². The predicted octanol–water partition coefficient (Wildman–Crippen LogP) is 3.65. The Morgan fingerprint density at radius 3 is 2.83 bits per heavy atom. The molecule has 1 amide bonds. The molecular weight excluding hydrogens is 244 g/mol. The number of thiazole rings is 1. The van der Waals surface area contributed by atoms with Crippen LogP contribution < -0.4 is 5.32 Å². The van der Waals surface area contributed by atoms with E-state index >= 15 is 0 Å². The van der Waals surface area contributed by atoms with Crippen molar-refractivity contribution < 1.29 is 4.79 Å². The van der Waals surface area contributed by atoms with Gasteiger partial charge in [-0.3, -0.25) is 4.79 Å². The topological polar surface area (TPSA) is 42.0 Å². The van der Waals surface area contributed by atoms with Gasteiger partial charge in [0.05, 0.1) is 10.2 Å². The first-order valence-corrected chi connectivity index (χ1v) is 7.14. The fourth-order valence-corrected chi connectivity index (χ4v) is 3.35. The Bertz CT molecular complexity index is 614. The molecule has 0 spiro atoms. The molecule has 4 heteroatoms. The normalized spacial score (nSPS) is 15.7. The molecule has 1 aromatic carbocycles. The Morgan fingerprint density at radius 2 is 2.17 bits per heavy atom. The summed E-state index contributed by atoms with van der Waals surface area (Å²) in [5.74, 6) is 0.342. The van der Waals surface area contributed by atoms with Gasteiger partial charge in [0, 0.05) is 5.92 Å². The Balaban J connectivity index is 1.88. The molecule has 2 aromatic rings. The number of nitrogens with one attached hydrogen (secondary N) is 1. The molecule has 0 aliphatic heterocycles. The number of anilines is 1. The van der Waals surface area contributed by atoms with Gasteiger partial charge in [0.2, 0.25) is 5.91 Å². The van der Waals surface area contributed by atoms with Crippen molar-refractivity contribution >= 4 is 32.6 Å². The second-order valence-corrected chi connectivity index (χ2v) is 6.10. The van der Waals surface area contributed by atoms with Crippen LogP contribution in [-0.4, -0.2) is 10.9 Å². The van der Waals surface area contributed by atoms with Gasteiger partial charge in [0.15, 0.2) is 5.13 Å². The highest BCUT2D eigenvalue weighted by Gasteiger charge is 2.25. The number of hydrogen-bond donors (Lipinski definition) is 1. The summed E-state index contributed by atoms with van der Waals surface area (Å²) in [6, 6.07) is 4.25. The number of benzene rings is 1. The monoisotopic (exact) mass is 260 g/mol. The number of nitrogens with zero attached hydrogens (tertiary/aromatic N) is 1. The molecule has 1 saturated carbocycles. The summed E-state index contributed by atoms with van der Waals surface area (Å²) < 4.78 is 1.15. The molecule has 18 heavy (non-hydrogen) atoms. The number of amides is 1. The van der Waals surface area contributed by atoms with E-state index in [2.05, 4.69) is 36.3 Å². The van der Waals surface area contributed by atoms with Crippen molar-refractivity contribution in [1.82, 2.24) is 4.98 Å². The predicted molar refractivity (Wildman–Crippen MR) is 75.1 cm³/mol. The molecule has 0 atom stereocenters. The van der Waals surface area contributed by atoms with Crippen LogP contribution in [0.5, 0.6) is 0 Å². The maximum absolute atomic E-state index is 11.9. The highest BCUT2D eigenvalue weighted by atomic mass is 32.1. The first kappa shape index (κ1) is 11.7. The van der Waals surface area contributed by atoms with Crippen molar-refractivity contribution in [2.24, 2.45) is 5.92 Å². The van der Waals surface area contributed by atoms with Gasteiger partial charge in [-0.25, -0.2) is 4.98 Å². The average molecular weight is 260 g/mol. The first-order chi connectivity index (χ1) is 8.63. The minimum atomic E-state index is 0.134. The number of fused-ring (bicyclic) bond motifs is 1.